The topological polar surface area (TPSA) is 54.9 Å². The maximum absolute atomic E-state index is 12.2. The van der Waals surface area contributed by atoms with Gasteiger partial charge in [-0.3, -0.25) is 0 Å². The van der Waals surface area contributed by atoms with Gasteiger partial charge in [0.25, 0.3) is 0 Å². The first-order valence-corrected chi connectivity index (χ1v) is 7.02. The van der Waals surface area contributed by atoms with E-state index in [2.05, 4.69) is 11.8 Å². The Hall–Kier alpha value is 0.0139. The Balaban J connectivity index is 0. The fourth-order valence-electron chi connectivity index (χ4n) is 0.486. The molecule has 0 unspecified atom stereocenters. The van der Waals surface area contributed by atoms with Gasteiger partial charge in [-0.25, -0.2) is 4.39 Å². The number of H-pyrrole nitrogens is 1. The zero-order valence-electron chi connectivity index (χ0n) is 6.95. The van der Waals surface area contributed by atoms with Gasteiger partial charge in [-0.05, 0) is 0 Å². The van der Waals surface area contributed by atoms with Crippen LogP contribution in [0.1, 0.15) is 0 Å². The molecule has 0 amide bonds. The van der Waals surface area contributed by atoms with Gasteiger partial charge in [0.15, 0.2) is 5.56 Å². The summed E-state index contributed by atoms with van der Waals surface area (Å²) in [5, 5.41) is 0. The summed E-state index contributed by atoms with van der Waals surface area (Å²) in [5.41, 5.74) is -1.75. The van der Waals surface area contributed by atoms with Crippen molar-refractivity contribution < 1.29 is 33.9 Å². The van der Waals surface area contributed by atoms with Crippen LogP contribution in [0, 0.1) is 20.3 Å². The molecule has 0 aliphatic heterocycles. The van der Waals surface area contributed by atoms with Gasteiger partial charge in [-0.1, -0.05) is 0 Å². The Morgan fingerprint density at radius 1 is 1.54 bits per heavy atom. The molecule has 70 valence electrons. The monoisotopic (exact) mass is 278 g/mol. The van der Waals surface area contributed by atoms with Gasteiger partial charge < -0.3 is 26.6 Å². The van der Waals surface area contributed by atoms with Crippen LogP contribution in [-0.2, 0) is 29.5 Å². The van der Waals surface area contributed by atoms with E-state index in [1.807, 2.05) is 4.98 Å². The Bertz CT molecular complexity index is 398. The van der Waals surface area contributed by atoms with Crippen molar-refractivity contribution in [3.8, 4) is 0 Å². The van der Waals surface area contributed by atoms with Crippen LogP contribution in [0.3, 0.4) is 0 Å². The zero-order chi connectivity index (χ0) is 9.72. The number of halogens is 1. The van der Waals surface area contributed by atoms with E-state index in [9.17, 15) is 14.0 Å². The number of aromatic nitrogens is 2. The summed E-state index contributed by atoms with van der Waals surface area (Å²) >= 11 is 1.04. The SMILES string of the molecule is [CH2-]n1c(=O)[nH]cc(F)c1=O.[CH3-].[P]#[Y]. The molecule has 7 heteroatoms. The van der Waals surface area contributed by atoms with E-state index in [4.69, 9.17) is 0 Å². The predicted molar refractivity (Wildman–Crippen MR) is 45.4 cm³/mol. The van der Waals surface area contributed by atoms with Crippen molar-refractivity contribution in [2.75, 3.05) is 0 Å². The maximum atomic E-state index is 12.2. The Labute approximate surface area is 95.1 Å². The van der Waals surface area contributed by atoms with E-state index >= 15 is 0 Å². The van der Waals surface area contributed by atoms with Gasteiger partial charge in [0.2, 0.25) is 5.69 Å². The summed E-state index contributed by atoms with van der Waals surface area (Å²) < 4.78 is 16.3. The van der Waals surface area contributed by atoms with Gasteiger partial charge in [-0.15, -0.1) is 7.05 Å². The van der Waals surface area contributed by atoms with Crippen molar-refractivity contribution in [3.05, 3.63) is 47.3 Å². The summed E-state index contributed by atoms with van der Waals surface area (Å²) in [6.07, 6.45) is 0.701. The van der Waals surface area contributed by atoms with Crippen LogP contribution in [-0.4, -0.2) is 9.55 Å². The second-order valence-electron chi connectivity index (χ2n) is 1.67. The summed E-state index contributed by atoms with van der Waals surface area (Å²) in [7, 11) is 3.00. The molecule has 0 aliphatic carbocycles. The molecule has 1 aromatic heterocycles. The molecule has 4 nitrogen and oxygen atoms in total. The minimum atomic E-state index is -1.02. The van der Waals surface area contributed by atoms with E-state index < -0.39 is 17.1 Å². The number of nitrogens with zero attached hydrogens (tertiary/aromatic N) is 1. The molecule has 0 radical (unpaired) electrons. The van der Waals surface area contributed by atoms with Gasteiger partial charge in [0.1, 0.15) is 5.82 Å². The molecule has 1 heterocycles. The molecule has 0 fully saturated rings. The van der Waals surface area contributed by atoms with Crippen LogP contribution in [0.15, 0.2) is 15.8 Å². The van der Waals surface area contributed by atoms with Crippen LogP contribution in [0.5, 0.6) is 0 Å². The third kappa shape index (κ3) is 4.16. The molecule has 0 spiro atoms. The van der Waals surface area contributed by atoms with E-state index in [0.29, 0.717) is 10.8 Å². The molecule has 1 N–H and O–H groups in total. The number of rotatable bonds is 0. The van der Waals surface area contributed by atoms with E-state index in [1.165, 1.54) is 0 Å². The molecule has 0 aromatic carbocycles. The number of hydrogen-bond acceptors (Lipinski definition) is 2. The molecule has 0 atom stereocenters. The third-order valence-corrected chi connectivity index (χ3v) is 1.02. The van der Waals surface area contributed by atoms with Crippen molar-refractivity contribution in [3.63, 3.8) is 0 Å². The zero-order valence-corrected chi connectivity index (χ0v) is 10.7. The summed E-state index contributed by atoms with van der Waals surface area (Å²) in [6.45, 7) is 0. The average Bonchev–Trinajstić information content (AvgIpc) is 2.12. The Kier molecular flexibility index (Phi) is 8.84. The fraction of sp³-hybridized carbons (Fsp3) is 0. The first kappa shape index (κ1) is 15.5. The third-order valence-electron chi connectivity index (χ3n) is 1.02. The molecule has 1 aromatic rings. The number of nitrogens with one attached hydrogen (secondary N) is 1. The van der Waals surface area contributed by atoms with Gasteiger partial charge in [-0.2, -0.15) is 0 Å². The van der Waals surface area contributed by atoms with Crippen LogP contribution in [0.2, 0.25) is 0 Å². The number of hydrogen-bond donors (Lipinski definition) is 1. The van der Waals surface area contributed by atoms with Gasteiger partial charge in [0.05, 0.1) is 0 Å². The van der Waals surface area contributed by atoms with Crippen molar-refractivity contribution in [1.29, 1.82) is 0 Å². The minimum absolute atomic E-state index is 0. The van der Waals surface area contributed by atoms with Gasteiger partial charge >= 0.3 is 34.2 Å². The second-order valence-corrected chi connectivity index (χ2v) is 1.67. The summed E-state index contributed by atoms with van der Waals surface area (Å²) in [6, 6.07) is 0. The molecule has 1 rings (SSSR count). The average molecular weight is 278 g/mol. The molecule has 0 bridgehead atoms. The molecule has 0 aliphatic rings. The normalized spacial score (nSPS) is 7.85. The first-order valence-electron chi connectivity index (χ1n) is 2.70. The number of aromatic amines is 1. The molecule has 0 saturated carbocycles. The van der Waals surface area contributed by atoms with E-state index in [-0.39, 0.29) is 7.43 Å². The Morgan fingerprint density at radius 2 is 2.00 bits per heavy atom. The van der Waals surface area contributed by atoms with Crippen molar-refractivity contribution >= 4 is 4.77 Å². The van der Waals surface area contributed by atoms with Crippen molar-refractivity contribution in [2.45, 2.75) is 0 Å². The summed E-state index contributed by atoms with van der Waals surface area (Å²) in [5.74, 6) is -1.02. The fourth-order valence-corrected chi connectivity index (χ4v) is 0.486. The second kappa shape index (κ2) is 7.42. The quantitative estimate of drug-likeness (QED) is 0.559. The van der Waals surface area contributed by atoms with E-state index in [0.717, 1.165) is 29.5 Å². The predicted octanol–water partition coefficient (Wildman–Crippen LogP) is 0.624. The van der Waals surface area contributed by atoms with Crippen LogP contribution in [0.25, 0.3) is 0 Å². The standard InChI is InChI=1S/C5H4FN2O2.CH3.P.Y/c1-8-4(9)3(6)2-7-5(8)10;;;/h2H,1H2,(H,7,10);1H3;;/q2*-1;;. The summed E-state index contributed by atoms with van der Waals surface area (Å²) in [4.78, 5) is 22.9. The molecular weight excluding hydrogens is 271 g/mol. The van der Waals surface area contributed by atoms with Crippen LogP contribution >= 0.6 is 4.77 Å². The molecule has 13 heavy (non-hydrogen) atoms. The van der Waals surface area contributed by atoms with Gasteiger partial charge in [0, 0.05) is 6.20 Å². The molecule has 0 saturated heterocycles. The van der Waals surface area contributed by atoms with E-state index in [1.54, 1.807) is 0 Å². The van der Waals surface area contributed by atoms with Crippen molar-refractivity contribution in [2.24, 2.45) is 0 Å². The van der Waals surface area contributed by atoms with Crippen LogP contribution in [0.4, 0.5) is 4.39 Å². The van der Waals surface area contributed by atoms with Crippen molar-refractivity contribution in [1.82, 2.24) is 9.55 Å². The molecular formula is C6H7FN2O2PY-2. The Morgan fingerprint density at radius 3 is 2.38 bits per heavy atom. The van der Waals surface area contributed by atoms with Crippen LogP contribution < -0.4 is 11.2 Å². The first-order chi connectivity index (χ1) is 5.63.